The number of pyridine rings is 1. The molecule has 1 fully saturated rings. The minimum Gasteiger partial charge on any atom is -0.308 e. The second kappa shape index (κ2) is 9.79. The third kappa shape index (κ3) is 4.93. The van der Waals surface area contributed by atoms with Crippen LogP contribution in [0.15, 0.2) is 60.8 Å². The summed E-state index contributed by atoms with van der Waals surface area (Å²) in [6.07, 6.45) is -1.46. The normalized spacial score (nSPS) is 19.6. The second-order valence-corrected chi connectivity index (χ2v) is 9.79. The molecule has 3 aromatic rings. The largest absolute Gasteiger partial charge is 0.417 e. The molecule has 2 atom stereocenters. The number of nitrogens with one attached hydrogen (secondary N) is 1. The highest BCUT2D eigenvalue weighted by Crippen LogP contribution is 2.45. The first-order chi connectivity index (χ1) is 17.6. The Hall–Kier alpha value is -3.43. The monoisotopic (exact) mass is 528 g/mol. The number of hydrogen-bond donors (Lipinski definition) is 1. The summed E-state index contributed by atoms with van der Waals surface area (Å²) < 4.78 is 39.8. The third-order valence-electron chi connectivity index (χ3n) is 7.07. The molecule has 5 rings (SSSR count). The minimum atomic E-state index is -4.67. The number of amides is 2. The molecule has 2 aromatic carbocycles. The number of rotatable bonds is 3. The SMILES string of the molecule is CN1CC[C@H]2CCN(C(=O)c3ccc(NC(=O)c4ccccc4C(F)(F)F)nc3)c3ccc(Cl)cc3[C@@H]21. The molecule has 0 unspecified atom stereocenters. The molecule has 1 saturated heterocycles. The quantitative estimate of drug-likeness (QED) is 0.449. The van der Waals surface area contributed by atoms with Gasteiger partial charge in [0.25, 0.3) is 11.8 Å². The van der Waals surface area contributed by atoms with Crippen molar-refractivity contribution < 1.29 is 22.8 Å². The molecule has 0 radical (unpaired) electrons. The summed E-state index contributed by atoms with van der Waals surface area (Å²) in [6.45, 7) is 1.52. The number of carbonyl (C=O) groups is 2. The number of benzene rings is 2. The number of fused-ring (bicyclic) bond motifs is 3. The molecule has 0 saturated carbocycles. The number of carbonyl (C=O) groups excluding carboxylic acids is 2. The van der Waals surface area contributed by atoms with E-state index < -0.39 is 23.2 Å². The van der Waals surface area contributed by atoms with Gasteiger partial charge in [-0.3, -0.25) is 14.5 Å². The van der Waals surface area contributed by atoms with Gasteiger partial charge in [0, 0.05) is 29.5 Å². The molecule has 0 bridgehead atoms. The summed E-state index contributed by atoms with van der Waals surface area (Å²) in [7, 11) is 2.08. The maximum Gasteiger partial charge on any atom is 0.417 e. The van der Waals surface area contributed by atoms with E-state index in [9.17, 15) is 22.8 Å². The molecule has 1 aromatic heterocycles. The van der Waals surface area contributed by atoms with Gasteiger partial charge in [0.1, 0.15) is 5.82 Å². The van der Waals surface area contributed by atoms with Crippen LogP contribution in [0.5, 0.6) is 0 Å². The van der Waals surface area contributed by atoms with Crippen LogP contribution in [0.25, 0.3) is 0 Å². The summed E-state index contributed by atoms with van der Waals surface area (Å²) in [5, 5.41) is 3.00. The van der Waals surface area contributed by atoms with Gasteiger partial charge in [-0.05, 0) is 80.4 Å². The van der Waals surface area contributed by atoms with E-state index in [1.807, 2.05) is 12.1 Å². The molecule has 1 N–H and O–H groups in total. The highest BCUT2D eigenvalue weighted by molar-refractivity contribution is 6.30. The van der Waals surface area contributed by atoms with Crippen LogP contribution in [0.1, 0.15) is 50.7 Å². The van der Waals surface area contributed by atoms with E-state index in [2.05, 4.69) is 22.2 Å². The molecule has 2 aliphatic rings. The van der Waals surface area contributed by atoms with Crippen molar-refractivity contribution in [1.29, 1.82) is 0 Å². The lowest BCUT2D eigenvalue weighted by atomic mass is 9.92. The Labute approximate surface area is 217 Å². The average molecular weight is 529 g/mol. The fourth-order valence-electron chi connectivity index (χ4n) is 5.32. The Balaban J connectivity index is 1.37. The van der Waals surface area contributed by atoms with Gasteiger partial charge in [-0.15, -0.1) is 0 Å². The maximum absolute atomic E-state index is 13.5. The predicted molar refractivity (Wildman–Crippen MR) is 135 cm³/mol. The zero-order chi connectivity index (χ0) is 26.3. The van der Waals surface area contributed by atoms with Gasteiger partial charge >= 0.3 is 6.18 Å². The van der Waals surface area contributed by atoms with Crippen LogP contribution >= 0.6 is 11.6 Å². The molecular weight excluding hydrogens is 505 g/mol. The van der Waals surface area contributed by atoms with Crippen LogP contribution in [0.2, 0.25) is 5.02 Å². The van der Waals surface area contributed by atoms with Crippen LogP contribution in [-0.2, 0) is 6.18 Å². The van der Waals surface area contributed by atoms with Gasteiger partial charge in [0.15, 0.2) is 0 Å². The van der Waals surface area contributed by atoms with Crippen LogP contribution in [0, 0.1) is 5.92 Å². The van der Waals surface area contributed by atoms with Crippen molar-refractivity contribution in [2.45, 2.75) is 25.1 Å². The third-order valence-corrected chi connectivity index (χ3v) is 7.31. The number of alkyl halides is 3. The number of aromatic nitrogens is 1. The fraction of sp³-hybridized carbons (Fsp3) is 0.296. The smallest absolute Gasteiger partial charge is 0.308 e. The molecule has 192 valence electrons. The number of halogens is 4. The number of likely N-dealkylation sites (tertiary alicyclic amines) is 1. The first-order valence-corrected chi connectivity index (χ1v) is 12.3. The first-order valence-electron chi connectivity index (χ1n) is 11.9. The standard InChI is InChI=1S/C27H24ClF3N4O2/c1-34-12-10-16-11-13-35(22-8-7-18(28)14-20(22)24(16)34)26(37)17-6-9-23(32-15-17)33-25(36)19-4-2-3-5-21(19)27(29,30)31/h2-9,14-16,24H,10-13H2,1H3,(H,32,33,36)/t16-,24+/m0/s1. The van der Waals surface area contributed by atoms with E-state index in [1.165, 1.54) is 30.5 Å². The van der Waals surface area contributed by atoms with Crippen LogP contribution in [0.4, 0.5) is 24.7 Å². The lowest BCUT2D eigenvalue weighted by Gasteiger charge is -2.27. The highest BCUT2D eigenvalue weighted by atomic mass is 35.5. The molecule has 10 heteroatoms. The number of anilines is 2. The van der Waals surface area contributed by atoms with E-state index in [-0.39, 0.29) is 17.8 Å². The molecule has 2 aliphatic heterocycles. The lowest BCUT2D eigenvalue weighted by Crippen LogP contribution is -2.32. The molecule has 0 spiro atoms. The van der Waals surface area contributed by atoms with E-state index in [1.54, 1.807) is 11.0 Å². The molecule has 37 heavy (non-hydrogen) atoms. The minimum absolute atomic E-state index is 0.0396. The Bertz CT molecular complexity index is 1350. The number of nitrogens with zero attached hydrogens (tertiary/aromatic N) is 3. The van der Waals surface area contributed by atoms with Crippen molar-refractivity contribution in [2.75, 3.05) is 30.4 Å². The highest BCUT2D eigenvalue weighted by Gasteiger charge is 2.39. The molecule has 2 amide bonds. The Kier molecular flexibility index (Phi) is 6.68. The predicted octanol–water partition coefficient (Wildman–Crippen LogP) is 6.05. The lowest BCUT2D eigenvalue weighted by molar-refractivity contribution is -0.137. The van der Waals surface area contributed by atoms with Crippen LogP contribution in [-0.4, -0.2) is 41.8 Å². The van der Waals surface area contributed by atoms with E-state index in [0.717, 1.165) is 42.8 Å². The Morgan fingerprint density at radius 1 is 1.05 bits per heavy atom. The molecule has 3 heterocycles. The van der Waals surface area contributed by atoms with E-state index >= 15 is 0 Å². The van der Waals surface area contributed by atoms with Gasteiger partial charge < -0.3 is 10.2 Å². The summed E-state index contributed by atoms with van der Waals surface area (Å²) in [5.41, 5.74) is 0.581. The number of hydrogen-bond acceptors (Lipinski definition) is 4. The van der Waals surface area contributed by atoms with E-state index in [0.29, 0.717) is 23.0 Å². The van der Waals surface area contributed by atoms with Crippen molar-refractivity contribution >= 4 is 34.9 Å². The second-order valence-electron chi connectivity index (χ2n) is 9.35. The summed E-state index contributed by atoms with van der Waals surface area (Å²) in [4.78, 5) is 34.2. The van der Waals surface area contributed by atoms with Crippen molar-refractivity contribution in [2.24, 2.45) is 5.92 Å². The fourth-order valence-corrected chi connectivity index (χ4v) is 5.50. The van der Waals surface area contributed by atoms with Crippen molar-refractivity contribution in [1.82, 2.24) is 9.88 Å². The topological polar surface area (TPSA) is 65.5 Å². The van der Waals surface area contributed by atoms with Gasteiger partial charge in [-0.1, -0.05) is 23.7 Å². The molecule has 6 nitrogen and oxygen atoms in total. The van der Waals surface area contributed by atoms with Crippen LogP contribution < -0.4 is 10.2 Å². The average Bonchev–Trinajstić information content (AvgIpc) is 3.15. The van der Waals surface area contributed by atoms with Crippen molar-refractivity contribution in [3.63, 3.8) is 0 Å². The van der Waals surface area contributed by atoms with Gasteiger partial charge in [-0.2, -0.15) is 13.2 Å². The first kappa shape index (κ1) is 25.2. The maximum atomic E-state index is 13.5. The molecular formula is C27H24ClF3N4O2. The Morgan fingerprint density at radius 2 is 1.81 bits per heavy atom. The summed E-state index contributed by atoms with van der Waals surface area (Å²) in [5.74, 6) is -0.736. The molecule has 0 aliphatic carbocycles. The van der Waals surface area contributed by atoms with Gasteiger partial charge in [0.05, 0.1) is 16.7 Å². The van der Waals surface area contributed by atoms with Gasteiger partial charge in [0.2, 0.25) is 0 Å². The van der Waals surface area contributed by atoms with Crippen LogP contribution in [0.3, 0.4) is 0 Å². The zero-order valence-electron chi connectivity index (χ0n) is 19.9. The summed E-state index contributed by atoms with van der Waals surface area (Å²) >= 11 is 6.32. The van der Waals surface area contributed by atoms with E-state index in [4.69, 9.17) is 11.6 Å². The zero-order valence-corrected chi connectivity index (χ0v) is 20.7. The summed E-state index contributed by atoms with van der Waals surface area (Å²) in [6, 6.07) is 13.2. The Morgan fingerprint density at radius 3 is 2.54 bits per heavy atom. The van der Waals surface area contributed by atoms with Crippen molar-refractivity contribution in [3.05, 3.63) is 88.1 Å². The van der Waals surface area contributed by atoms with Gasteiger partial charge in [-0.25, -0.2) is 4.98 Å². The van der Waals surface area contributed by atoms with Crippen molar-refractivity contribution in [3.8, 4) is 0 Å².